The summed E-state index contributed by atoms with van der Waals surface area (Å²) in [4.78, 5) is 12.0. The molecule has 1 N–H and O–H groups in total. The molecule has 0 radical (unpaired) electrons. The van der Waals surface area contributed by atoms with Crippen LogP contribution in [0.1, 0.15) is 5.56 Å². The highest BCUT2D eigenvalue weighted by molar-refractivity contribution is 6.31. The van der Waals surface area contributed by atoms with Crippen LogP contribution in [0.5, 0.6) is 11.6 Å². The summed E-state index contributed by atoms with van der Waals surface area (Å²) in [7, 11) is 3.10. The van der Waals surface area contributed by atoms with E-state index in [2.05, 4.69) is 20.3 Å². The van der Waals surface area contributed by atoms with Gasteiger partial charge in [-0.15, -0.1) is 0 Å². The predicted octanol–water partition coefficient (Wildman–Crippen LogP) is 2.15. The van der Waals surface area contributed by atoms with Crippen molar-refractivity contribution in [3.8, 4) is 11.6 Å². The molecule has 2 aromatic heterocycles. The molecule has 19 heavy (non-hydrogen) atoms. The van der Waals surface area contributed by atoms with E-state index in [-0.39, 0.29) is 5.15 Å². The first-order valence-electron chi connectivity index (χ1n) is 5.52. The van der Waals surface area contributed by atoms with Crippen molar-refractivity contribution in [2.75, 3.05) is 19.5 Å². The fourth-order valence-corrected chi connectivity index (χ4v) is 1.73. The Morgan fingerprint density at radius 1 is 1.21 bits per heavy atom. The van der Waals surface area contributed by atoms with Crippen molar-refractivity contribution in [2.45, 2.75) is 6.54 Å². The molecule has 7 heteroatoms. The molecule has 0 aromatic carbocycles. The number of ether oxygens (including phenoxy) is 2. The molecule has 0 aliphatic heterocycles. The Hall–Kier alpha value is -2.08. The van der Waals surface area contributed by atoms with Gasteiger partial charge >= 0.3 is 0 Å². The van der Waals surface area contributed by atoms with E-state index in [0.29, 0.717) is 24.0 Å². The number of nitrogens with one attached hydrogen (secondary N) is 1. The molecule has 0 unspecified atom stereocenters. The van der Waals surface area contributed by atoms with Crippen molar-refractivity contribution in [3.63, 3.8) is 0 Å². The minimum atomic E-state index is 0.271. The zero-order valence-electron chi connectivity index (χ0n) is 10.6. The molecule has 0 bridgehead atoms. The van der Waals surface area contributed by atoms with Gasteiger partial charge in [0, 0.05) is 18.8 Å². The summed E-state index contributed by atoms with van der Waals surface area (Å²) in [6, 6.07) is 3.72. The number of hydrogen-bond acceptors (Lipinski definition) is 6. The lowest BCUT2D eigenvalue weighted by atomic mass is 10.2. The Morgan fingerprint density at radius 2 is 2.05 bits per heavy atom. The Kier molecular flexibility index (Phi) is 4.35. The van der Waals surface area contributed by atoms with Crippen LogP contribution in [-0.2, 0) is 6.54 Å². The predicted molar refractivity (Wildman–Crippen MR) is 71.7 cm³/mol. The summed E-state index contributed by atoms with van der Waals surface area (Å²) in [5.41, 5.74) is 1.00. The molecule has 100 valence electrons. The molecule has 0 atom stereocenters. The first-order valence-corrected chi connectivity index (χ1v) is 5.89. The summed E-state index contributed by atoms with van der Waals surface area (Å²) < 4.78 is 10.2. The smallest absolute Gasteiger partial charge is 0.213 e. The highest BCUT2D eigenvalue weighted by atomic mass is 35.5. The molecule has 0 aliphatic rings. The van der Waals surface area contributed by atoms with Crippen LogP contribution in [0.25, 0.3) is 0 Å². The maximum absolute atomic E-state index is 5.91. The standard InChI is InChI=1S/C12H13ClN4O2/c1-18-9-5-8(3-4-14-9)6-15-12-10(19-2)11(13)16-7-17-12/h3-5,7H,6H2,1-2H3,(H,15,16,17). The van der Waals surface area contributed by atoms with Crippen molar-refractivity contribution in [1.82, 2.24) is 15.0 Å². The van der Waals surface area contributed by atoms with E-state index in [9.17, 15) is 0 Å². The fourth-order valence-electron chi connectivity index (χ4n) is 1.52. The summed E-state index contributed by atoms with van der Waals surface area (Å²) >= 11 is 5.91. The van der Waals surface area contributed by atoms with Crippen LogP contribution >= 0.6 is 11.6 Å². The van der Waals surface area contributed by atoms with Crippen molar-refractivity contribution in [3.05, 3.63) is 35.4 Å². The lowest BCUT2D eigenvalue weighted by Crippen LogP contribution is -2.04. The third-order valence-corrected chi connectivity index (χ3v) is 2.70. The van der Waals surface area contributed by atoms with Crippen LogP contribution < -0.4 is 14.8 Å². The van der Waals surface area contributed by atoms with Crippen LogP contribution in [0.2, 0.25) is 5.15 Å². The van der Waals surface area contributed by atoms with Gasteiger partial charge in [0.25, 0.3) is 0 Å². The van der Waals surface area contributed by atoms with E-state index in [4.69, 9.17) is 21.1 Å². The highest BCUT2D eigenvalue weighted by Crippen LogP contribution is 2.28. The average Bonchev–Trinajstić information content (AvgIpc) is 2.45. The zero-order chi connectivity index (χ0) is 13.7. The van der Waals surface area contributed by atoms with E-state index < -0.39 is 0 Å². The first-order chi connectivity index (χ1) is 9.24. The number of rotatable bonds is 5. The first kappa shape index (κ1) is 13.4. The highest BCUT2D eigenvalue weighted by Gasteiger charge is 2.09. The van der Waals surface area contributed by atoms with E-state index >= 15 is 0 Å². The normalized spacial score (nSPS) is 10.1. The second-order valence-electron chi connectivity index (χ2n) is 3.61. The molecule has 6 nitrogen and oxygen atoms in total. The minimum Gasteiger partial charge on any atom is -0.490 e. The second kappa shape index (κ2) is 6.19. The van der Waals surface area contributed by atoms with Crippen LogP contribution in [0.3, 0.4) is 0 Å². The summed E-state index contributed by atoms with van der Waals surface area (Å²) in [5.74, 6) is 1.52. The van der Waals surface area contributed by atoms with E-state index in [0.717, 1.165) is 5.56 Å². The minimum absolute atomic E-state index is 0.271. The molecular weight excluding hydrogens is 268 g/mol. The van der Waals surface area contributed by atoms with Crippen LogP contribution in [0, 0.1) is 0 Å². The number of hydrogen-bond donors (Lipinski definition) is 1. The van der Waals surface area contributed by atoms with Gasteiger partial charge in [-0.2, -0.15) is 0 Å². The molecule has 0 saturated heterocycles. The van der Waals surface area contributed by atoms with Gasteiger partial charge in [0.2, 0.25) is 5.88 Å². The van der Waals surface area contributed by atoms with Gasteiger partial charge in [-0.25, -0.2) is 15.0 Å². The molecule has 0 amide bonds. The SMILES string of the molecule is COc1cc(CNc2ncnc(Cl)c2OC)ccn1. The zero-order valence-corrected chi connectivity index (χ0v) is 11.3. The number of nitrogens with zero attached hydrogens (tertiary/aromatic N) is 3. The van der Waals surface area contributed by atoms with Crippen molar-refractivity contribution in [2.24, 2.45) is 0 Å². The van der Waals surface area contributed by atoms with Gasteiger partial charge in [-0.1, -0.05) is 11.6 Å². The summed E-state index contributed by atoms with van der Waals surface area (Å²) in [6.07, 6.45) is 3.06. The van der Waals surface area contributed by atoms with Crippen LogP contribution in [0.4, 0.5) is 5.82 Å². The molecule has 2 rings (SSSR count). The van der Waals surface area contributed by atoms with Crippen molar-refractivity contribution in [1.29, 1.82) is 0 Å². The second-order valence-corrected chi connectivity index (χ2v) is 3.96. The van der Waals surface area contributed by atoms with Crippen LogP contribution in [-0.4, -0.2) is 29.2 Å². The van der Waals surface area contributed by atoms with Gasteiger partial charge in [0.05, 0.1) is 14.2 Å². The average molecular weight is 281 g/mol. The Morgan fingerprint density at radius 3 is 2.79 bits per heavy atom. The van der Waals surface area contributed by atoms with Crippen molar-refractivity contribution < 1.29 is 9.47 Å². The molecule has 0 aliphatic carbocycles. The Balaban J connectivity index is 2.12. The third kappa shape index (κ3) is 3.23. The number of methoxy groups -OCH3 is 2. The van der Waals surface area contributed by atoms with E-state index in [1.54, 1.807) is 13.3 Å². The quantitative estimate of drug-likeness (QED) is 0.847. The van der Waals surface area contributed by atoms with Crippen LogP contribution in [0.15, 0.2) is 24.7 Å². The number of anilines is 1. The van der Waals surface area contributed by atoms with Gasteiger partial charge in [0.15, 0.2) is 16.7 Å². The van der Waals surface area contributed by atoms with Crippen molar-refractivity contribution >= 4 is 17.4 Å². The van der Waals surface area contributed by atoms with E-state index in [1.807, 2.05) is 12.1 Å². The topological polar surface area (TPSA) is 69.2 Å². The molecule has 2 aromatic rings. The molecule has 0 fully saturated rings. The Labute approximate surface area is 115 Å². The van der Waals surface area contributed by atoms with Gasteiger partial charge < -0.3 is 14.8 Å². The Bertz CT molecular complexity index is 565. The maximum atomic E-state index is 5.91. The maximum Gasteiger partial charge on any atom is 0.213 e. The molecule has 2 heterocycles. The fraction of sp³-hybridized carbons (Fsp3) is 0.250. The third-order valence-electron chi connectivity index (χ3n) is 2.43. The van der Waals surface area contributed by atoms with Gasteiger partial charge in [0.1, 0.15) is 6.33 Å². The summed E-state index contributed by atoms with van der Waals surface area (Å²) in [6.45, 7) is 0.544. The van der Waals surface area contributed by atoms with Gasteiger partial charge in [-0.3, -0.25) is 0 Å². The van der Waals surface area contributed by atoms with Gasteiger partial charge in [-0.05, 0) is 11.6 Å². The lowest BCUT2D eigenvalue weighted by Gasteiger charge is -2.10. The summed E-state index contributed by atoms with van der Waals surface area (Å²) in [5, 5.41) is 3.40. The monoisotopic (exact) mass is 280 g/mol. The van der Waals surface area contributed by atoms with E-state index in [1.165, 1.54) is 13.4 Å². The number of aromatic nitrogens is 3. The number of halogens is 1. The largest absolute Gasteiger partial charge is 0.490 e. The number of pyridine rings is 1. The molecule has 0 saturated carbocycles. The lowest BCUT2D eigenvalue weighted by molar-refractivity contribution is 0.397. The molecule has 0 spiro atoms. The molecular formula is C12H13ClN4O2.